The molecule has 0 saturated heterocycles. The van der Waals surface area contributed by atoms with E-state index in [0.717, 1.165) is 33.3 Å². The van der Waals surface area contributed by atoms with Gasteiger partial charge in [0.15, 0.2) is 5.78 Å². The minimum Gasteiger partial charge on any atom is -0.355 e. The number of sulfonamides is 1. The fourth-order valence-electron chi connectivity index (χ4n) is 3.41. The summed E-state index contributed by atoms with van der Waals surface area (Å²) < 4.78 is 28.3. The molecule has 156 valence electrons. The van der Waals surface area contributed by atoms with Crippen LogP contribution in [-0.4, -0.2) is 25.7 Å². The molecule has 3 rings (SSSR count). The summed E-state index contributed by atoms with van der Waals surface area (Å²) in [6.07, 6.45) is 3.24. The summed E-state index contributed by atoms with van der Waals surface area (Å²) in [5.74, 6) is -0.334. The van der Waals surface area contributed by atoms with Gasteiger partial charge in [0.1, 0.15) is 0 Å². The van der Waals surface area contributed by atoms with Gasteiger partial charge in [-0.15, -0.1) is 0 Å². The Balaban J connectivity index is 1.99. The average Bonchev–Trinajstić information content (AvgIpc) is 3.05. The molecule has 0 bridgehead atoms. The smallest absolute Gasteiger partial charge is 0.240 e. The normalized spacial score (nSPS) is 13.0. The second-order valence-corrected chi connectivity index (χ2v) is 9.27. The van der Waals surface area contributed by atoms with E-state index >= 15 is 0 Å². The molecule has 6 heteroatoms. The SMILES string of the molecule is C=C(C)[C@@H](CNS(=O)(=O)c1ccc(C)cc1)c1c(/C=C/C(C)=O)[nH]c2ccccc12. The van der Waals surface area contributed by atoms with Gasteiger partial charge in [-0.2, -0.15) is 0 Å². The van der Waals surface area contributed by atoms with Gasteiger partial charge in [0.05, 0.1) is 4.90 Å². The second kappa shape index (κ2) is 8.81. The fraction of sp³-hybridized carbons (Fsp3) is 0.208. The van der Waals surface area contributed by atoms with Crippen molar-refractivity contribution < 1.29 is 13.2 Å². The number of carbonyl (C=O) groups is 1. The first-order chi connectivity index (χ1) is 14.2. The Hall–Kier alpha value is -2.96. The molecule has 0 fully saturated rings. The molecule has 1 aromatic heterocycles. The summed E-state index contributed by atoms with van der Waals surface area (Å²) in [5, 5.41) is 0.975. The van der Waals surface area contributed by atoms with Crippen molar-refractivity contribution in [2.45, 2.75) is 31.6 Å². The number of ketones is 1. The van der Waals surface area contributed by atoms with Crippen LogP contribution >= 0.6 is 0 Å². The number of rotatable bonds is 8. The average molecular weight is 423 g/mol. The zero-order valence-corrected chi connectivity index (χ0v) is 18.2. The van der Waals surface area contributed by atoms with Crippen LogP contribution in [0.5, 0.6) is 0 Å². The number of carbonyl (C=O) groups excluding carboxylic acids is 1. The van der Waals surface area contributed by atoms with Gasteiger partial charge >= 0.3 is 0 Å². The van der Waals surface area contributed by atoms with E-state index in [1.807, 2.05) is 38.1 Å². The van der Waals surface area contributed by atoms with E-state index in [2.05, 4.69) is 16.3 Å². The number of fused-ring (bicyclic) bond motifs is 1. The third-order valence-electron chi connectivity index (χ3n) is 5.01. The number of benzene rings is 2. The van der Waals surface area contributed by atoms with Gasteiger partial charge in [0, 0.05) is 29.1 Å². The van der Waals surface area contributed by atoms with Crippen LogP contribution in [0.2, 0.25) is 0 Å². The molecule has 5 nitrogen and oxygen atoms in total. The molecule has 3 aromatic rings. The molecule has 0 aliphatic heterocycles. The molecule has 1 heterocycles. The van der Waals surface area contributed by atoms with Crippen molar-refractivity contribution in [3.05, 3.63) is 83.6 Å². The number of aryl methyl sites for hydroxylation is 1. The maximum absolute atomic E-state index is 12.8. The molecule has 30 heavy (non-hydrogen) atoms. The summed E-state index contributed by atoms with van der Waals surface area (Å²) in [4.78, 5) is 15.0. The molecule has 1 atom stereocenters. The standard InChI is InChI=1S/C24H26N2O3S/c1-16(2)21(15-25-30(28,29)19-12-9-17(3)10-13-19)24-20-7-5-6-8-22(20)26-23(24)14-11-18(4)27/h5-14,21,25-26H,1,15H2,2-4H3/b14-11+/t21-/m1/s1. The zero-order valence-electron chi connectivity index (χ0n) is 17.4. The molecular formula is C24H26N2O3S. The maximum atomic E-state index is 12.8. The van der Waals surface area contributed by atoms with Crippen LogP contribution in [0.15, 0.2) is 71.7 Å². The molecular weight excluding hydrogens is 396 g/mol. The van der Waals surface area contributed by atoms with E-state index in [-0.39, 0.29) is 23.1 Å². The van der Waals surface area contributed by atoms with Crippen LogP contribution in [0, 0.1) is 6.92 Å². The molecule has 2 aromatic carbocycles. The van der Waals surface area contributed by atoms with Gasteiger partial charge < -0.3 is 4.98 Å². The molecule has 0 amide bonds. The number of hydrogen-bond donors (Lipinski definition) is 2. The van der Waals surface area contributed by atoms with Crippen LogP contribution in [0.1, 0.15) is 36.6 Å². The highest BCUT2D eigenvalue weighted by Gasteiger charge is 2.23. The lowest BCUT2D eigenvalue weighted by Gasteiger charge is -2.19. The molecule has 0 aliphatic carbocycles. The number of H-pyrrole nitrogens is 1. The van der Waals surface area contributed by atoms with Gasteiger partial charge in [-0.3, -0.25) is 4.79 Å². The number of allylic oxidation sites excluding steroid dienone is 1. The van der Waals surface area contributed by atoms with Gasteiger partial charge in [-0.05, 0) is 56.7 Å². The first-order valence-corrected chi connectivity index (χ1v) is 11.2. The lowest BCUT2D eigenvalue weighted by atomic mass is 9.90. The monoisotopic (exact) mass is 422 g/mol. The highest BCUT2D eigenvalue weighted by molar-refractivity contribution is 7.89. The lowest BCUT2D eigenvalue weighted by molar-refractivity contribution is -0.112. The van der Waals surface area contributed by atoms with E-state index in [4.69, 9.17) is 0 Å². The zero-order chi connectivity index (χ0) is 21.9. The Morgan fingerprint density at radius 3 is 2.43 bits per heavy atom. The number of nitrogens with one attached hydrogen (secondary N) is 2. The summed E-state index contributed by atoms with van der Waals surface area (Å²) in [7, 11) is -3.66. The van der Waals surface area contributed by atoms with Crippen molar-refractivity contribution in [3.8, 4) is 0 Å². The summed E-state index contributed by atoms with van der Waals surface area (Å²) in [6.45, 7) is 9.54. The van der Waals surface area contributed by atoms with Crippen molar-refractivity contribution in [2.75, 3.05) is 6.54 Å². The Bertz CT molecular complexity index is 1220. The van der Waals surface area contributed by atoms with Crippen molar-refractivity contribution in [2.24, 2.45) is 0 Å². The highest BCUT2D eigenvalue weighted by Crippen LogP contribution is 2.34. The Kier molecular flexibility index (Phi) is 6.39. The van der Waals surface area contributed by atoms with Gasteiger partial charge in [-0.25, -0.2) is 13.1 Å². The van der Waals surface area contributed by atoms with Crippen molar-refractivity contribution >= 4 is 32.8 Å². The summed E-state index contributed by atoms with van der Waals surface area (Å²) in [6, 6.07) is 14.5. The number of para-hydroxylation sites is 1. The van der Waals surface area contributed by atoms with Gasteiger partial charge in [-0.1, -0.05) is 48.0 Å². The minimum atomic E-state index is -3.66. The number of hydrogen-bond acceptors (Lipinski definition) is 3. The largest absolute Gasteiger partial charge is 0.355 e. The minimum absolute atomic E-state index is 0.0634. The summed E-state index contributed by atoms with van der Waals surface area (Å²) >= 11 is 0. The Morgan fingerprint density at radius 2 is 1.80 bits per heavy atom. The molecule has 0 aliphatic rings. The number of aromatic amines is 1. The molecule has 0 spiro atoms. The van der Waals surface area contributed by atoms with Crippen LogP contribution < -0.4 is 4.72 Å². The van der Waals surface area contributed by atoms with Crippen molar-refractivity contribution in [1.29, 1.82) is 0 Å². The predicted octanol–water partition coefficient (Wildman–Crippen LogP) is 4.72. The van der Waals surface area contributed by atoms with E-state index < -0.39 is 10.0 Å². The Labute approximate surface area is 177 Å². The topological polar surface area (TPSA) is 79.0 Å². The molecule has 0 saturated carbocycles. The predicted molar refractivity (Wildman–Crippen MR) is 122 cm³/mol. The highest BCUT2D eigenvalue weighted by atomic mass is 32.2. The summed E-state index contributed by atoms with van der Waals surface area (Å²) in [5.41, 5.74) is 4.43. The molecule has 0 radical (unpaired) electrons. The molecule has 0 unspecified atom stereocenters. The van der Waals surface area contributed by atoms with E-state index in [1.54, 1.807) is 30.3 Å². The Morgan fingerprint density at radius 1 is 1.13 bits per heavy atom. The third kappa shape index (κ3) is 4.78. The number of aromatic nitrogens is 1. The third-order valence-corrected chi connectivity index (χ3v) is 6.45. The van der Waals surface area contributed by atoms with Crippen LogP contribution in [0.25, 0.3) is 17.0 Å². The van der Waals surface area contributed by atoms with Crippen molar-refractivity contribution in [1.82, 2.24) is 9.71 Å². The first-order valence-electron chi connectivity index (χ1n) is 9.70. The van der Waals surface area contributed by atoms with E-state index in [0.29, 0.717) is 0 Å². The maximum Gasteiger partial charge on any atom is 0.240 e. The first kappa shape index (κ1) is 21.7. The van der Waals surface area contributed by atoms with Crippen LogP contribution in [0.3, 0.4) is 0 Å². The fourth-order valence-corrected chi connectivity index (χ4v) is 4.46. The second-order valence-electron chi connectivity index (χ2n) is 7.51. The molecule has 2 N–H and O–H groups in total. The van der Waals surface area contributed by atoms with E-state index in [9.17, 15) is 13.2 Å². The van der Waals surface area contributed by atoms with Crippen LogP contribution in [0.4, 0.5) is 0 Å². The van der Waals surface area contributed by atoms with E-state index in [1.165, 1.54) is 13.0 Å². The lowest BCUT2D eigenvalue weighted by Crippen LogP contribution is -2.29. The van der Waals surface area contributed by atoms with Crippen LogP contribution in [-0.2, 0) is 14.8 Å². The van der Waals surface area contributed by atoms with Gasteiger partial charge in [0.2, 0.25) is 10.0 Å². The van der Waals surface area contributed by atoms with Gasteiger partial charge in [0.25, 0.3) is 0 Å². The quantitative estimate of drug-likeness (QED) is 0.407. The van der Waals surface area contributed by atoms with Crippen molar-refractivity contribution in [3.63, 3.8) is 0 Å².